The first kappa shape index (κ1) is 27.1. The summed E-state index contributed by atoms with van der Waals surface area (Å²) in [5, 5.41) is 11.3. The first-order chi connectivity index (χ1) is 18.2. The van der Waals surface area contributed by atoms with Crippen LogP contribution in [0.2, 0.25) is 0 Å². The molecule has 4 rings (SSSR count). The smallest absolute Gasteiger partial charge is 0.296 e. The number of hydrogen-bond acceptors (Lipinski definition) is 6. The van der Waals surface area contributed by atoms with Gasteiger partial charge in [0.05, 0.1) is 17.1 Å². The van der Waals surface area contributed by atoms with E-state index in [9.17, 15) is 27.1 Å². The third kappa shape index (κ3) is 5.35. The highest BCUT2D eigenvalue weighted by Crippen LogP contribution is 2.34. The minimum atomic E-state index is -4.51. The molecule has 0 fully saturated rings. The van der Waals surface area contributed by atoms with E-state index in [1.807, 2.05) is 13.8 Å². The Morgan fingerprint density at radius 3 is 2.34 bits per heavy atom. The largest absolute Gasteiger partial charge is 0.493 e. The lowest BCUT2D eigenvalue weighted by molar-refractivity contribution is 0.358. The molecule has 2 heterocycles. The van der Waals surface area contributed by atoms with Gasteiger partial charge in [0.25, 0.3) is 5.56 Å². The van der Waals surface area contributed by atoms with Crippen molar-refractivity contribution in [2.75, 3.05) is 0 Å². The Balaban J connectivity index is 1.86. The van der Waals surface area contributed by atoms with E-state index in [2.05, 4.69) is 9.97 Å². The van der Waals surface area contributed by atoms with Crippen LogP contribution in [0.25, 0.3) is 11.1 Å². The predicted molar refractivity (Wildman–Crippen MR) is 139 cm³/mol. The number of aromatic nitrogens is 3. The molecule has 4 aromatic rings. The molecule has 0 amide bonds. The predicted octanol–water partition coefficient (Wildman–Crippen LogP) is 5.46. The lowest BCUT2D eigenvalue weighted by atomic mass is 10.0. The Hall–Kier alpha value is -3.92. The minimum absolute atomic E-state index is 0.221. The number of pyridine rings is 1. The van der Waals surface area contributed by atoms with E-state index >= 15 is 0 Å². The molecule has 0 unspecified atom stereocenters. The van der Waals surface area contributed by atoms with Gasteiger partial charge in [-0.05, 0) is 54.3 Å². The SMILES string of the molecule is CCCCc1nc(=O)c(S(=O)(=O)c2ccc(-c3cncc(F)c3)cc2)c(O)n1[C@@H](CC)c1cccc(F)c1. The van der Waals surface area contributed by atoms with Gasteiger partial charge in [-0.2, -0.15) is 4.98 Å². The fourth-order valence-corrected chi connectivity index (χ4v) is 5.76. The molecule has 198 valence electrons. The van der Waals surface area contributed by atoms with Crippen LogP contribution in [0.4, 0.5) is 8.78 Å². The molecule has 0 radical (unpaired) electrons. The number of sulfone groups is 1. The highest BCUT2D eigenvalue weighted by Gasteiger charge is 2.32. The van der Waals surface area contributed by atoms with Crippen molar-refractivity contribution in [3.05, 3.63) is 100 Å². The maximum Gasteiger partial charge on any atom is 0.296 e. The van der Waals surface area contributed by atoms with Gasteiger partial charge >= 0.3 is 0 Å². The topological polar surface area (TPSA) is 102 Å². The molecule has 38 heavy (non-hydrogen) atoms. The van der Waals surface area contributed by atoms with Crippen LogP contribution in [0.3, 0.4) is 0 Å². The Morgan fingerprint density at radius 2 is 1.71 bits per heavy atom. The molecule has 0 saturated carbocycles. The number of benzene rings is 2. The summed E-state index contributed by atoms with van der Waals surface area (Å²) in [6.45, 7) is 3.76. The Bertz CT molecular complexity index is 1620. The van der Waals surface area contributed by atoms with E-state index in [1.165, 1.54) is 59.3 Å². The van der Waals surface area contributed by atoms with Gasteiger partial charge in [0, 0.05) is 18.2 Å². The molecule has 1 N–H and O–H groups in total. The van der Waals surface area contributed by atoms with Gasteiger partial charge < -0.3 is 5.11 Å². The van der Waals surface area contributed by atoms with Crippen molar-refractivity contribution < 1.29 is 22.3 Å². The van der Waals surface area contributed by atoms with Crippen molar-refractivity contribution in [2.45, 2.75) is 55.4 Å². The van der Waals surface area contributed by atoms with Crippen molar-refractivity contribution in [3.63, 3.8) is 0 Å². The molecule has 0 aliphatic heterocycles. The molecule has 2 aromatic heterocycles. The van der Waals surface area contributed by atoms with E-state index < -0.39 is 43.8 Å². The molecule has 0 spiro atoms. The highest BCUT2D eigenvalue weighted by molar-refractivity contribution is 7.91. The summed E-state index contributed by atoms with van der Waals surface area (Å²) in [5.41, 5.74) is 0.393. The van der Waals surface area contributed by atoms with Crippen LogP contribution in [-0.2, 0) is 16.3 Å². The summed E-state index contributed by atoms with van der Waals surface area (Å²) in [6.07, 6.45) is 4.61. The normalized spacial score (nSPS) is 12.4. The first-order valence-corrected chi connectivity index (χ1v) is 13.7. The van der Waals surface area contributed by atoms with Crippen LogP contribution in [-0.4, -0.2) is 28.1 Å². The van der Waals surface area contributed by atoms with Crippen LogP contribution in [0.5, 0.6) is 5.88 Å². The summed E-state index contributed by atoms with van der Waals surface area (Å²) < 4.78 is 56.2. The van der Waals surface area contributed by atoms with Crippen LogP contribution in [0.15, 0.2) is 81.6 Å². The Morgan fingerprint density at radius 1 is 0.974 bits per heavy atom. The minimum Gasteiger partial charge on any atom is -0.493 e. The molecule has 1 atom stereocenters. The summed E-state index contributed by atoms with van der Waals surface area (Å²) in [4.78, 5) is 19.8. The molecule has 0 aliphatic rings. The van der Waals surface area contributed by atoms with E-state index in [0.29, 0.717) is 36.0 Å². The molecule has 7 nitrogen and oxygen atoms in total. The Kier molecular flexibility index (Phi) is 8.01. The van der Waals surface area contributed by atoms with Gasteiger partial charge in [0.2, 0.25) is 15.7 Å². The van der Waals surface area contributed by atoms with Crippen molar-refractivity contribution in [3.8, 4) is 17.0 Å². The number of aryl methyl sites for hydroxylation is 1. The summed E-state index contributed by atoms with van der Waals surface area (Å²) >= 11 is 0. The molecule has 10 heteroatoms. The monoisotopic (exact) mass is 539 g/mol. The number of halogens is 2. The molecule has 0 bridgehead atoms. The lowest BCUT2D eigenvalue weighted by Gasteiger charge is -2.25. The van der Waals surface area contributed by atoms with Crippen LogP contribution < -0.4 is 5.56 Å². The summed E-state index contributed by atoms with van der Waals surface area (Å²) in [6, 6.07) is 11.9. The molecule has 2 aromatic carbocycles. The van der Waals surface area contributed by atoms with Gasteiger partial charge in [-0.1, -0.05) is 44.5 Å². The second kappa shape index (κ2) is 11.2. The quantitative estimate of drug-likeness (QED) is 0.303. The van der Waals surface area contributed by atoms with E-state index in [4.69, 9.17) is 0 Å². The Labute approximate surface area is 219 Å². The van der Waals surface area contributed by atoms with E-state index in [-0.39, 0.29) is 10.7 Å². The van der Waals surface area contributed by atoms with Crippen LogP contribution in [0.1, 0.15) is 50.5 Å². The average Bonchev–Trinajstić information content (AvgIpc) is 2.89. The average molecular weight is 540 g/mol. The standard InChI is InChI=1S/C28H27F2N3O4S/c1-3-5-9-25-32-27(34)26(28(35)33(25)24(4-2)19-7-6-8-21(29)14-19)38(36,37)23-12-10-18(11-13-23)20-15-22(30)17-31-16-20/h6-8,10-17,24,35H,3-5,9H2,1-2H3/t24-/m0/s1. The number of hydrogen-bond donors (Lipinski definition) is 1. The maximum atomic E-state index is 14.1. The van der Waals surface area contributed by atoms with E-state index in [0.717, 1.165) is 12.6 Å². The van der Waals surface area contributed by atoms with Crippen molar-refractivity contribution in [1.29, 1.82) is 0 Å². The number of nitrogens with zero attached hydrogens (tertiary/aromatic N) is 3. The zero-order valence-electron chi connectivity index (χ0n) is 20.9. The fourth-order valence-electron chi connectivity index (χ4n) is 4.42. The maximum absolute atomic E-state index is 14.1. The summed E-state index contributed by atoms with van der Waals surface area (Å²) in [7, 11) is -4.51. The van der Waals surface area contributed by atoms with E-state index in [1.54, 1.807) is 6.07 Å². The highest BCUT2D eigenvalue weighted by atomic mass is 32.2. The van der Waals surface area contributed by atoms with Crippen LogP contribution in [0, 0.1) is 11.6 Å². The third-order valence-electron chi connectivity index (χ3n) is 6.29. The number of aromatic hydroxyl groups is 1. The fraction of sp³-hybridized carbons (Fsp3) is 0.250. The van der Waals surface area contributed by atoms with Gasteiger partial charge in [-0.25, -0.2) is 17.2 Å². The zero-order chi connectivity index (χ0) is 27.4. The molecule has 0 aliphatic carbocycles. The second-order valence-electron chi connectivity index (χ2n) is 8.86. The van der Waals surface area contributed by atoms with Gasteiger partial charge in [-0.3, -0.25) is 14.3 Å². The van der Waals surface area contributed by atoms with Gasteiger partial charge in [0.15, 0.2) is 4.90 Å². The molecule has 0 saturated heterocycles. The number of rotatable bonds is 9. The second-order valence-corrected chi connectivity index (χ2v) is 10.7. The third-order valence-corrected chi connectivity index (χ3v) is 8.08. The number of unbranched alkanes of at least 4 members (excludes halogenated alkanes) is 1. The first-order valence-electron chi connectivity index (χ1n) is 12.2. The van der Waals surface area contributed by atoms with Crippen molar-refractivity contribution in [1.82, 2.24) is 14.5 Å². The van der Waals surface area contributed by atoms with Gasteiger partial charge in [0.1, 0.15) is 17.5 Å². The lowest BCUT2D eigenvalue weighted by Crippen LogP contribution is -2.27. The van der Waals surface area contributed by atoms with Crippen molar-refractivity contribution in [2.24, 2.45) is 0 Å². The summed E-state index contributed by atoms with van der Waals surface area (Å²) in [5.74, 6) is -1.54. The van der Waals surface area contributed by atoms with Gasteiger partial charge in [-0.15, -0.1) is 0 Å². The van der Waals surface area contributed by atoms with Crippen molar-refractivity contribution >= 4 is 9.84 Å². The molecular weight excluding hydrogens is 512 g/mol. The van der Waals surface area contributed by atoms with Crippen LogP contribution >= 0.6 is 0 Å². The molecular formula is C28H27F2N3O4S. The zero-order valence-corrected chi connectivity index (χ0v) is 21.8.